The summed E-state index contributed by atoms with van der Waals surface area (Å²) >= 11 is 0. The highest BCUT2D eigenvalue weighted by Crippen LogP contribution is 2.08. The van der Waals surface area contributed by atoms with Crippen molar-refractivity contribution in [2.75, 3.05) is 6.54 Å². The number of benzene rings is 1. The van der Waals surface area contributed by atoms with Crippen molar-refractivity contribution in [3.63, 3.8) is 0 Å². The number of nitrogens with zero attached hydrogens (tertiary/aromatic N) is 2. The molecule has 0 radical (unpaired) electrons. The lowest BCUT2D eigenvalue weighted by Gasteiger charge is -2.08. The van der Waals surface area contributed by atoms with E-state index in [2.05, 4.69) is 5.32 Å². The first kappa shape index (κ1) is 18.6. The molecular weight excluding hydrogens is 348 g/mol. The second kappa shape index (κ2) is 7.03. The number of carbonyl (C=O) groups excluding carboxylic acids is 1. The fourth-order valence-corrected chi connectivity index (χ4v) is 2.74. The Morgan fingerprint density at radius 2 is 1.76 bits per heavy atom. The van der Waals surface area contributed by atoms with Gasteiger partial charge in [-0.15, -0.1) is 0 Å². The highest BCUT2D eigenvalue weighted by molar-refractivity contribution is 7.89. The summed E-state index contributed by atoms with van der Waals surface area (Å²) in [6.07, 6.45) is 1.63. The fraction of sp³-hybridized carbons (Fsp3) is 0.267. The lowest BCUT2D eigenvalue weighted by Crippen LogP contribution is -2.42. The van der Waals surface area contributed by atoms with Crippen LogP contribution in [0.4, 0.5) is 0 Å². The van der Waals surface area contributed by atoms with Gasteiger partial charge in [-0.05, 0) is 24.1 Å². The van der Waals surface area contributed by atoms with Crippen LogP contribution in [-0.4, -0.2) is 30.0 Å². The van der Waals surface area contributed by atoms with E-state index in [-0.39, 0.29) is 17.0 Å². The van der Waals surface area contributed by atoms with Crippen LogP contribution in [0.15, 0.2) is 44.9 Å². The third-order valence-corrected chi connectivity index (χ3v) is 4.57. The van der Waals surface area contributed by atoms with Crippen LogP contribution in [0, 0.1) is 0 Å². The Kier molecular flexibility index (Phi) is 5.24. The number of primary sulfonamides is 1. The van der Waals surface area contributed by atoms with Gasteiger partial charge in [0.05, 0.1) is 4.90 Å². The highest BCUT2D eigenvalue weighted by Gasteiger charge is 2.14. The summed E-state index contributed by atoms with van der Waals surface area (Å²) < 4.78 is 24.4. The van der Waals surface area contributed by atoms with Crippen molar-refractivity contribution in [2.24, 2.45) is 19.2 Å². The first-order valence-electron chi connectivity index (χ1n) is 7.28. The zero-order valence-electron chi connectivity index (χ0n) is 13.7. The van der Waals surface area contributed by atoms with Crippen molar-refractivity contribution in [3.8, 4) is 0 Å². The van der Waals surface area contributed by atoms with Crippen molar-refractivity contribution in [1.82, 2.24) is 14.5 Å². The van der Waals surface area contributed by atoms with Gasteiger partial charge in [0.2, 0.25) is 10.0 Å². The number of aromatic nitrogens is 2. The largest absolute Gasteiger partial charge is 0.351 e. The number of nitrogens with one attached hydrogen (secondary N) is 1. The maximum absolute atomic E-state index is 12.1. The maximum atomic E-state index is 12.1. The van der Waals surface area contributed by atoms with Crippen LogP contribution < -0.4 is 21.7 Å². The van der Waals surface area contributed by atoms with Gasteiger partial charge in [-0.2, -0.15) is 0 Å². The summed E-state index contributed by atoms with van der Waals surface area (Å²) in [6.45, 7) is 0.236. The molecule has 0 unspecified atom stereocenters. The highest BCUT2D eigenvalue weighted by atomic mass is 32.2. The van der Waals surface area contributed by atoms with Crippen molar-refractivity contribution in [2.45, 2.75) is 11.3 Å². The number of sulfonamides is 1. The second-order valence-electron chi connectivity index (χ2n) is 5.50. The van der Waals surface area contributed by atoms with E-state index in [1.807, 2.05) is 0 Å². The summed E-state index contributed by atoms with van der Waals surface area (Å²) in [5, 5.41) is 7.62. The van der Waals surface area contributed by atoms with Crippen LogP contribution in [0.25, 0.3) is 0 Å². The van der Waals surface area contributed by atoms with Gasteiger partial charge in [-0.1, -0.05) is 12.1 Å². The number of carbonyl (C=O) groups is 1. The van der Waals surface area contributed by atoms with Crippen LogP contribution in [-0.2, 0) is 30.5 Å². The predicted molar refractivity (Wildman–Crippen MR) is 90.8 cm³/mol. The van der Waals surface area contributed by atoms with E-state index in [4.69, 9.17) is 5.14 Å². The van der Waals surface area contributed by atoms with Gasteiger partial charge in [-0.25, -0.2) is 18.4 Å². The molecule has 134 valence electrons. The Balaban J connectivity index is 2.04. The van der Waals surface area contributed by atoms with Crippen LogP contribution in [0.1, 0.15) is 15.9 Å². The molecule has 9 nitrogen and oxygen atoms in total. The minimum Gasteiger partial charge on any atom is -0.351 e. The van der Waals surface area contributed by atoms with E-state index in [9.17, 15) is 22.8 Å². The lowest BCUT2D eigenvalue weighted by atomic mass is 10.1. The minimum atomic E-state index is -3.74. The molecule has 1 aromatic carbocycles. The standard InChI is InChI=1S/C15H18N4O5S/c1-18-9-12(14(21)19(2)15(18)22)13(20)17-8-7-10-3-5-11(6-4-10)25(16,23)24/h3-6,9H,7-8H2,1-2H3,(H,17,20)(H2,16,23,24). The topological polar surface area (TPSA) is 133 Å². The van der Waals surface area contributed by atoms with Crippen molar-refractivity contribution in [3.05, 3.63) is 62.4 Å². The first-order chi connectivity index (χ1) is 11.6. The second-order valence-corrected chi connectivity index (χ2v) is 7.06. The van der Waals surface area contributed by atoms with E-state index >= 15 is 0 Å². The Labute approximate surface area is 143 Å². The van der Waals surface area contributed by atoms with Crippen molar-refractivity contribution >= 4 is 15.9 Å². The third kappa shape index (κ3) is 4.22. The fourth-order valence-electron chi connectivity index (χ4n) is 2.23. The zero-order chi connectivity index (χ0) is 18.8. The molecule has 0 spiro atoms. The van der Waals surface area contributed by atoms with E-state index in [0.29, 0.717) is 6.42 Å². The van der Waals surface area contributed by atoms with Gasteiger partial charge in [-0.3, -0.25) is 14.2 Å². The first-order valence-corrected chi connectivity index (χ1v) is 8.82. The monoisotopic (exact) mass is 366 g/mol. The van der Waals surface area contributed by atoms with Gasteiger partial charge in [0.1, 0.15) is 5.56 Å². The van der Waals surface area contributed by atoms with Crippen LogP contribution in [0.5, 0.6) is 0 Å². The quantitative estimate of drug-likeness (QED) is 0.679. The molecule has 0 fully saturated rings. The molecule has 10 heteroatoms. The smallest absolute Gasteiger partial charge is 0.330 e. The summed E-state index contributed by atoms with van der Waals surface area (Å²) in [5.41, 5.74) is -0.523. The average molecular weight is 366 g/mol. The van der Waals surface area contributed by atoms with E-state index < -0.39 is 27.2 Å². The molecule has 1 amide bonds. The molecule has 1 aromatic heterocycles. The van der Waals surface area contributed by atoms with E-state index in [1.54, 1.807) is 12.1 Å². The molecule has 0 saturated heterocycles. The Bertz CT molecular complexity index is 1020. The number of hydrogen-bond donors (Lipinski definition) is 2. The summed E-state index contributed by atoms with van der Waals surface area (Å²) in [5.74, 6) is -0.586. The Hall–Kier alpha value is -2.72. The predicted octanol–water partition coefficient (Wildman–Crippen LogP) is -1.30. The van der Waals surface area contributed by atoms with Gasteiger partial charge in [0.25, 0.3) is 11.5 Å². The number of nitrogens with two attached hydrogens (primary N) is 1. The average Bonchev–Trinajstić information content (AvgIpc) is 2.55. The normalized spacial score (nSPS) is 11.3. The molecule has 2 aromatic rings. The molecule has 0 atom stereocenters. The molecule has 3 N–H and O–H groups in total. The minimum absolute atomic E-state index is 0.00832. The van der Waals surface area contributed by atoms with E-state index in [1.165, 1.54) is 32.4 Å². The van der Waals surface area contributed by atoms with Gasteiger partial charge in [0, 0.05) is 26.8 Å². The molecule has 2 rings (SSSR count). The molecule has 0 saturated carbocycles. The molecule has 0 bridgehead atoms. The Morgan fingerprint density at radius 3 is 2.32 bits per heavy atom. The number of hydrogen-bond acceptors (Lipinski definition) is 5. The SMILES string of the molecule is Cn1cc(C(=O)NCCc2ccc(S(N)(=O)=O)cc2)c(=O)n(C)c1=O. The lowest BCUT2D eigenvalue weighted by molar-refractivity contribution is 0.0951. The summed E-state index contributed by atoms with van der Waals surface area (Å²) in [6, 6.07) is 5.96. The van der Waals surface area contributed by atoms with Crippen LogP contribution >= 0.6 is 0 Å². The summed E-state index contributed by atoms with van der Waals surface area (Å²) in [4.78, 5) is 35.7. The van der Waals surface area contributed by atoms with Crippen molar-refractivity contribution in [1.29, 1.82) is 0 Å². The molecule has 0 aliphatic carbocycles. The summed E-state index contributed by atoms with van der Waals surface area (Å²) in [7, 11) is -0.991. The number of amides is 1. The molecule has 25 heavy (non-hydrogen) atoms. The molecular formula is C15H18N4O5S. The molecule has 1 heterocycles. The van der Waals surface area contributed by atoms with Gasteiger partial charge >= 0.3 is 5.69 Å². The third-order valence-electron chi connectivity index (χ3n) is 3.64. The van der Waals surface area contributed by atoms with Gasteiger partial charge < -0.3 is 9.88 Å². The van der Waals surface area contributed by atoms with Gasteiger partial charge in [0.15, 0.2) is 0 Å². The zero-order valence-corrected chi connectivity index (χ0v) is 14.5. The van der Waals surface area contributed by atoms with Crippen LogP contribution in [0.2, 0.25) is 0 Å². The molecule has 0 aliphatic heterocycles. The van der Waals surface area contributed by atoms with E-state index in [0.717, 1.165) is 14.7 Å². The Morgan fingerprint density at radius 1 is 1.16 bits per heavy atom. The number of rotatable bonds is 5. The van der Waals surface area contributed by atoms with Crippen LogP contribution in [0.3, 0.4) is 0 Å². The maximum Gasteiger partial charge on any atom is 0.330 e. The molecule has 0 aliphatic rings. The van der Waals surface area contributed by atoms with Crippen molar-refractivity contribution < 1.29 is 13.2 Å². The number of aryl methyl sites for hydroxylation is 1.